The number of aromatic nitrogens is 4. The van der Waals surface area contributed by atoms with Crippen LogP contribution in [0.4, 0.5) is 11.8 Å². The Morgan fingerprint density at radius 3 is 2.74 bits per heavy atom. The molecule has 1 spiro atoms. The molecule has 0 radical (unpaired) electrons. The topological polar surface area (TPSA) is 104 Å². The van der Waals surface area contributed by atoms with E-state index in [4.69, 9.17) is 5.73 Å². The Morgan fingerprint density at radius 1 is 1.22 bits per heavy atom. The first-order valence-electron chi connectivity index (χ1n) is 9.85. The molecule has 3 aliphatic rings. The molecule has 4 heterocycles. The van der Waals surface area contributed by atoms with Crippen LogP contribution in [0.1, 0.15) is 43.5 Å². The van der Waals surface area contributed by atoms with E-state index in [-0.39, 0.29) is 11.5 Å². The number of hydrogen-bond donors (Lipinski definition) is 2. The van der Waals surface area contributed by atoms with E-state index >= 15 is 0 Å². The Kier molecular flexibility index (Phi) is 3.80. The van der Waals surface area contributed by atoms with Crippen molar-refractivity contribution in [3.63, 3.8) is 0 Å². The minimum Gasteiger partial charge on any atom is -0.368 e. The van der Waals surface area contributed by atoms with Gasteiger partial charge in [-0.15, -0.1) is 0 Å². The van der Waals surface area contributed by atoms with Crippen molar-refractivity contribution in [2.24, 2.45) is 5.92 Å². The summed E-state index contributed by atoms with van der Waals surface area (Å²) in [4.78, 5) is 33.9. The second-order valence-electron chi connectivity index (χ2n) is 7.89. The van der Waals surface area contributed by atoms with Crippen LogP contribution < -0.4 is 10.6 Å². The maximum absolute atomic E-state index is 13.2. The average molecular weight is 367 g/mol. The smallest absolute Gasteiger partial charge is 0.226 e. The standard InChI is InChI=1S/C19H25N7O/c20-18-21-8-4-15(24-18)25-10-6-19(7-11-25)16-14(22-12-23-16)5-9-26(19)17(27)13-2-1-3-13/h4,8,12-13H,1-3,5-7,9-11H2,(H,22,23)(H2,20,21,24). The van der Waals surface area contributed by atoms with Crippen molar-refractivity contribution in [3.05, 3.63) is 30.0 Å². The number of fused-ring (bicyclic) bond motifs is 2. The number of rotatable bonds is 2. The van der Waals surface area contributed by atoms with Crippen LogP contribution in [0.25, 0.3) is 0 Å². The van der Waals surface area contributed by atoms with E-state index in [0.29, 0.717) is 11.9 Å². The van der Waals surface area contributed by atoms with Gasteiger partial charge in [0.25, 0.3) is 0 Å². The molecular weight excluding hydrogens is 342 g/mol. The lowest BCUT2D eigenvalue weighted by molar-refractivity contribution is -0.147. The Morgan fingerprint density at radius 2 is 2.04 bits per heavy atom. The van der Waals surface area contributed by atoms with E-state index in [1.165, 1.54) is 12.1 Å². The highest BCUT2D eigenvalue weighted by Crippen LogP contribution is 2.44. The second kappa shape index (κ2) is 6.21. The number of carbonyl (C=O) groups excluding carboxylic acids is 1. The van der Waals surface area contributed by atoms with Gasteiger partial charge in [0.1, 0.15) is 5.82 Å². The number of aromatic amines is 1. The summed E-state index contributed by atoms with van der Waals surface area (Å²) in [6, 6.07) is 1.90. The summed E-state index contributed by atoms with van der Waals surface area (Å²) in [7, 11) is 0. The Hall–Kier alpha value is -2.64. The summed E-state index contributed by atoms with van der Waals surface area (Å²) >= 11 is 0. The van der Waals surface area contributed by atoms with Gasteiger partial charge in [0, 0.05) is 43.9 Å². The minimum atomic E-state index is -0.296. The largest absolute Gasteiger partial charge is 0.368 e. The normalized spacial score (nSPS) is 21.8. The average Bonchev–Trinajstić information content (AvgIpc) is 3.11. The molecule has 2 aliphatic heterocycles. The third-order valence-corrected chi connectivity index (χ3v) is 6.56. The number of nitrogens with two attached hydrogens (primary N) is 1. The summed E-state index contributed by atoms with van der Waals surface area (Å²) in [5.74, 6) is 1.69. The zero-order valence-electron chi connectivity index (χ0n) is 15.4. The summed E-state index contributed by atoms with van der Waals surface area (Å²) in [5.41, 5.74) is 7.72. The summed E-state index contributed by atoms with van der Waals surface area (Å²) in [5, 5.41) is 0. The highest BCUT2D eigenvalue weighted by molar-refractivity contribution is 5.81. The number of nitrogens with zero attached hydrogens (tertiary/aromatic N) is 5. The fraction of sp³-hybridized carbons (Fsp3) is 0.579. The molecule has 27 heavy (non-hydrogen) atoms. The fourth-order valence-corrected chi connectivity index (χ4v) is 4.83. The number of hydrogen-bond acceptors (Lipinski definition) is 6. The van der Waals surface area contributed by atoms with Crippen molar-refractivity contribution in [2.75, 3.05) is 30.3 Å². The molecule has 1 aliphatic carbocycles. The van der Waals surface area contributed by atoms with Crippen LogP contribution in [0.15, 0.2) is 18.6 Å². The predicted octanol–water partition coefficient (Wildman–Crippen LogP) is 1.46. The Balaban J connectivity index is 1.44. The molecule has 1 saturated heterocycles. The molecule has 8 heteroatoms. The quantitative estimate of drug-likeness (QED) is 0.833. The second-order valence-corrected chi connectivity index (χ2v) is 7.89. The van der Waals surface area contributed by atoms with Gasteiger partial charge in [0.2, 0.25) is 11.9 Å². The number of piperidine rings is 1. The number of carbonyl (C=O) groups is 1. The van der Waals surface area contributed by atoms with Crippen molar-refractivity contribution in [1.82, 2.24) is 24.8 Å². The summed E-state index contributed by atoms with van der Waals surface area (Å²) < 4.78 is 0. The third-order valence-electron chi connectivity index (χ3n) is 6.56. The van der Waals surface area contributed by atoms with Gasteiger partial charge in [-0.25, -0.2) is 9.97 Å². The van der Waals surface area contributed by atoms with Gasteiger partial charge in [0.15, 0.2) is 0 Å². The van der Waals surface area contributed by atoms with Crippen molar-refractivity contribution < 1.29 is 4.79 Å². The van der Waals surface area contributed by atoms with Crippen LogP contribution in [0, 0.1) is 5.92 Å². The number of amides is 1. The van der Waals surface area contributed by atoms with Crippen LogP contribution >= 0.6 is 0 Å². The van der Waals surface area contributed by atoms with Crippen molar-refractivity contribution >= 4 is 17.7 Å². The van der Waals surface area contributed by atoms with Crippen LogP contribution in [-0.4, -0.2) is 50.4 Å². The number of nitrogen functional groups attached to an aromatic ring is 1. The SMILES string of the molecule is Nc1nccc(N2CCC3(CC2)c2nc[nH]c2CCN3C(=O)C2CCC2)n1. The van der Waals surface area contributed by atoms with E-state index in [1.807, 2.05) is 6.07 Å². The Labute approximate surface area is 158 Å². The summed E-state index contributed by atoms with van der Waals surface area (Å²) in [6.07, 6.45) is 9.29. The molecule has 5 rings (SSSR count). The number of nitrogens with one attached hydrogen (secondary N) is 1. The number of imidazole rings is 1. The molecule has 0 atom stereocenters. The van der Waals surface area contributed by atoms with Gasteiger partial charge < -0.3 is 20.5 Å². The van der Waals surface area contributed by atoms with Crippen LogP contribution in [0.3, 0.4) is 0 Å². The van der Waals surface area contributed by atoms with Crippen molar-refractivity contribution in [1.29, 1.82) is 0 Å². The first-order chi connectivity index (χ1) is 13.2. The fourth-order valence-electron chi connectivity index (χ4n) is 4.83. The zero-order chi connectivity index (χ0) is 18.4. The molecule has 2 aromatic rings. The maximum Gasteiger partial charge on any atom is 0.226 e. The number of H-pyrrole nitrogens is 1. The van der Waals surface area contributed by atoms with E-state index in [2.05, 4.69) is 29.7 Å². The lowest BCUT2D eigenvalue weighted by Crippen LogP contribution is -2.60. The molecule has 2 fully saturated rings. The first kappa shape index (κ1) is 16.5. The third kappa shape index (κ3) is 2.57. The van der Waals surface area contributed by atoms with E-state index in [1.54, 1.807) is 12.5 Å². The minimum absolute atomic E-state index is 0.210. The molecule has 142 valence electrons. The molecule has 0 unspecified atom stereocenters. The molecule has 1 saturated carbocycles. The first-order valence-corrected chi connectivity index (χ1v) is 9.85. The van der Waals surface area contributed by atoms with E-state index < -0.39 is 0 Å². The Bertz CT molecular complexity index is 851. The molecule has 2 aromatic heterocycles. The van der Waals surface area contributed by atoms with E-state index in [0.717, 1.165) is 63.3 Å². The van der Waals surface area contributed by atoms with Crippen LogP contribution in [0.2, 0.25) is 0 Å². The van der Waals surface area contributed by atoms with Gasteiger partial charge in [-0.05, 0) is 31.7 Å². The van der Waals surface area contributed by atoms with Crippen molar-refractivity contribution in [2.45, 2.75) is 44.1 Å². The molecule has 0 aromatic carbocycles. The zero-order valence-corrected chi connectivity index (χ0v) is 15.4. The van der Waals surface area contributed by atoms with Crippen molar-refractivity contribution in [3.8, 4) is 0 Å². The summed E-state index contributed by atoms with van der Waals surface area (Å²) in [6.45, 7) is 2.42. The van der Waals surface area contributed by atoms with Gasteiger partial charge in [-0.1, -0.05) is 6.42 Å². The molecule has 3 N–H and O–H groups in total. The molecule has 8 nitrogen and oxygen atoms in total. The number of anilines is 2. The van der Waals surface area contributed by atoms with Crippen LogP contribution in [0.5, 0.6) is 0 Å². The van der Waals surface area contributed by atoms with Gasteiger partial charge >= 0.3 is 0 Å². The van der Waals surface area contributed by atoms with Gasteiger partial charge in [0.05, 0.1) is 17.6 Å². The lowest BCUT2D eigenvalue weighted by Gasteiger charge is -2.52. The molecule has 1 amide bonds. The van der Waals surface area contributed by atoms with E-state index in [9.17, 15) is 4.79 Å². The lowest BCUT2D eigenvalue weighted by atomic mass is 9.76. The molecular formula is C19H25N7O. The van der Waals surface area contributed by atoms with Gasteiger partial charge in [-0.2, -0.15) is 4.98 Å². The highest BCUT2D eigenvalue weighted by Gasteiger charge is 2.50. The molecule has 0 bridgehead atoms. The maximum atomic E-state index is 13.2. The monoisotopic (exact) mass is 367 g/mol. The highest BCUT2D eigenvalue weighted by atomic mass is 16.2. The van der Waals surface area contributed by atoms with Crippen LogP contribution in [-0.2, 0) is 16.8 Å². The predicted molar refractivity (Wildman–Crippen MR) is 101 cm³/mol. The van der Waals surface area contributed by atoms with Gasteiger partial charge in [-0.3, -0.25) is 4.79 Å².